The molecule has 156 valence electrons. The fraction of sp³-hybridized carbons (Fsp3) is 0.500. The predicted molar refractivity (Wildman–Crippen MR) is 109 cm³/mol. The average Bonchev–Trinajstić information content (AvgIpc) is 3.64. The molecule has 2 aromatic rings. The summed E-state index contributed by atoms with van der Waals surface area (Å²) in [6.45, 7) is 1.54. The van der Waals surface area contributed by atoms with Crippen molar-refractivity contribution in [1.29, 1.82) is 0 Å². The summed E-state index contributed by atoms with van der Waals surface area (Å²) in [7, 11) is 0. The van der Waals surface area contributed by atoms with Gasteiger partial charge < -0.3 is 14.8 Å². The third-order valence-electron chi connectivity index (χ3n) is 6.29. The van der Waals surface area contributed by atoms with Crippen molar-refractivity contribution in [2.45, 2.75) is 51.1 Å². The molecule has 30 heavy (non-hydrogen) atoms. The van der Waals surface area contributed by atoms with E-state index in [2.05, 4.69) is 9.97 Å². The Kier molecular flexibility index (Phi) is 4.84. The first-order valence-corrected chi connectivity index (χ1v) is 10.7. The van der Waals surface area contributed by atoms with E-state index >= 15 is 0 Å². The van der Waals surface area contributed by atoms with E-state index in [1.807, 2.05) is 0 Å². The number of hydrogen-bond acceptors (Lipinski definition) is 5. The van der Waals surface area contributed by atoms with Crippen molar-refractivity contribution in [3.63, 3.8) is 0 Å². The second-order valence-corrected chi connectivity index (χ2v) is 8.39. The van der Waals surface area contributed by atoms with Crippen LogP contribution >= 0.6 is 0 Å². The van der Waals surface area contributed by atoms with Crippen molar-refractivity contribution in [3.05, 3.63) is 57.5 Å². The maximum Gasteiger partial charge on any atom is 0.273 e. The van der Waals surface area contributed by atoms with Gasteiger partial charge in [0, 0.05) is 31.6 Å². The molecule has 8 nitrogen and oxygen atoms in total. The summed E-state index contributed by atoms with van der Waals surface area (Å²) in [6.07, 6.45) is 6.75. The van der Waals surface area contributed by atoms with Crippen molar-refractivity contribution in [2.75, 3.05) is 13.1 Å². The maximum absolute atomic E-state index is 13.0. The number of rotatable bonds is 3. The standard InChI is InChI=1S/C22H25N5O3/c28-20-15-13-26(21(29)14-7-8-14)12-9-16(15)24-19(25-20)18-6-2-4-11-27(18)22(30)17-5-1-3-10-23-17/h1,3,5,10,14,18H,2,4,6-9,11-13H2,(H,24,25,28)/t18-/m1/s1. The van der Waals surface area contributed by atoms with E-state index < -0.39 is 0 Å². The number of amides is 2. The Balaban J connectivity index is 1.42. The van der Waals surface area contributed by atoms with E-state index in [0.717, 1.165) is 37.8 Å². The van der Waals surface area contributed by atoms with Gasteiger partial charge in [0.15, 0.2) is 0 Å². The van der Waals surface area contributed by atoms with Gasteiger partial charge in [-0.3, -0.25) is 19.4 Å². The summed E-state index contributed by atoms with van der Waals surface area (Å²) in [6, 6.07) is 5.02. The minimum Gasteiger partial charge on any atom is -0.337 e. The number of likely N-dealkylation sites (tertiary alicyclic amines) is 1. The van der Waals surface area contributed by atoms with E-state index in [1.165, 1.54) is 0 Å². The Morgan fingerprint density at radius 3 is 2.73 bits per heavy atom. The van der Waals surface area contributed by atoms with Crippen LogP contribution in [0.25, 0.3) is 0 Å². The summed E-state index contributed by atoms with van der Waals surface area (Å²) in [5.74, 6) is 0.710. The van der Waals surface area contributed by atoms with Crippen LogP contribution in [0, 0.1) is 5.92 Å². The van der Waals surface area contributed by atoms with Gasteiger partial charge in [0.05, 0.1) is 23.8 Å². The van der Waals surface area contributed by atoms with Crippen molar-refractivity contribution in [3.8, 4) is 0 Å². The van der Waals surface area contributed by atoms with E-state index in [0.29, 0.717) is 43.1 Å². The van der Waals surface area contributed by atoms with Crippen LogP contribution < -0.4 is 5.56 Å². The lowest BCUT2D eigenvalue weighted by Crippen LogP contribution is -2.43. The zero-order valence-electron chi connectivity index (χ0n) is 16.8. The topological polar surface area (TPSA) is 99.3 Å². The van der Waals surface area contributed by atoms with Crippen molar-refractivity contribution in [1.82, 2.24) is 24.8 Å². The third kappa shape index (κ3) is 3.51. The molecule has 3 aliphatic rings. The Morgan fingerprint density at radius 2 is 1.97 bits per heavy atom. The molecule has 0 bridgehead atoms. The number of pyridine rings is 1. The van der Waals surface area contributed by atoms with Gasteiger partial charge in [-0.2, -0.15) is 0 Å². The summed E-state index contributed by atoms with van der Waals surface area (Å²) in [5, 5.41) is 0. The molecule has 4 heterocycles. The number of aromatic nitrogens is 3. The van der Waals surface area contributed by atoms with Crippen LogP contribution in [0.4, 0.5) is 0 Å². The van der Waals surface area contributed by atoms with Gasteiger partial charge in [0.1, 0.15) is 11.5 Å². The number of fused-ring (bicyclic) bond motifs is 1. The number of hydrogen-bond donors (Lipinski definition) is 1. The second kappa shape index (κ2) is 7.66. The second-order valence-electron chi connectivity index (χ2n) is 8.39. The lowest BCUT2D eigenvalue weighted by Gasteiger charge is -2.35. The third-order valence-corrected chi connectivity index (χ3v) is 6.29. The fourth-order valence-electron chi connectivity index (χ4n) is 4.47. The SMILES string of the molecule is O=C(C1CC1)N1CCc2nc([C@H]3CCCCN3C(=O)c3ccccn3)[nH]c(=O)c2C1. The number of aromatic amines is 1. The van der Waals surface area contributed by atoms with Gasteiger partial charge in [-0.05, 0) is 44.2 Å². The van der Waals surface area contributed by atoms with E-state index in [9.17, 15) is 14.4 Å². The Hall–Kier alpha value is -3.03. The van der Waals surface area contributed by atoms with Gasteiger partial charge in [-0.1, -0.05) is 6.07 Å². The first-order chi connectivity index (χ1) is 14.6. The summed E-state index contributed by atoms with van der Waals surface area (Å²) in [4.78, 5) is 53.8. The highest BCUT2D eigenvalue weighted by Crippen LogP contribution is 2.33. The smallest absolute Gasteiger partial charge is 0.273 e. The summed E-state index contributed by atoms with van der Waals surface area (Å²) >= 11 is 0. The van der Waals surface area contributed by atoms with Crippen molar-refractivity contribution >= 4 is 11.8 Å². The van der Waals surface area contributed by atoms with E-state index in [1.54, 1.807) is 34.2 Å². The quantitative estimate of drug-likeness (QED) is 0.837. The molecule has 8 heteroatoms. The van der Waals surface area contributed by atoms with Crippen molar-refractivity contribution in [2.24, 2.45) is 5.92 Å². The average molecular weight is 407 g/mol. The number of nitrogens with zero attached hydrogens (tertiary/aromatic N) is 4. The zero-order chi connectivity index (χ0) is 20.7. The molecule has 0 radical (unpaired) electrons. The molecule has 1 aliphatic carbocycles. The van der Waals surface area contributed by atoms with Crippen LogP contribution in [0.2, 0.25) is 0 Å². The highest BCUT2D eigenvalue weighted by Gasteiger charge is 2.36. The first-order valence-electron chi connectivity index (χ1n) is 10.7. The molecule has 1 N–H and O–H groups in total. The molecule has 2 aromatic heterocycles. The number of H-pyrrole nitrogens is 1. The van der Waals surface area contributed by atoms with Crippen LogP contribution in [-0.4, -0.2) is 49.7 Å². The normalized spacial score (nSPS) is 21.3. The van der Waals surface area contributed by atoms with Gasteiger partial charge in [0.2, 0.25) is 5.91 Å². The Bertz CT molecular complexity index is 1030. The van der Waals surface area contributed by atoms with Gasteiger partial charge in [-0.25, -0.2) is 4.98 Å². The minimum absolute atomic E-state index is 0.137. The molecule has 0 spiro atoms. The van der Waals surface area contributed by atoms with Crippen LogP contribution in [0.15, 0.2) is 29.2 Å². The Morgan fingerprint density at radius 1 is 1.10 bits per heavy atom. The molecule has 1 saturated carbocycles. The number of nitrogens with one attached hydrogen (secondary N) is 1. The van der Waals surface area contributed by atoms with Crippen LogP contribution in [-0.2, 0) is 17.8 Å². The maximum atomic E-state index is 13.0. The molecule has 0 unspecified atom stereocenters. The summed E-state index contributed by atoms with van der Waals surface area (Å²) in [5.41, 5.74) is 1.54. The molecule has 2 fully saturated rings. The molecular formula is C22H25N5O3. The molecule has 2 aliphatic heterocycles. The molecule has 1 atom stereocenters. The molecule has 2 amide bonds. The first kappa shape index (κ1) is 19.0. The number of carbonyl (C=O) groups is 2. The van der Waals surface area contributed by atoms with Gasteiger partial charge >= 0.3 is 0 Å². The largest absolute Gasteiger partial charge is 0.337 e. The fourth-order valence-corrected chi connectivity index (χ4v) is 4.47. The zero-order valence-corrected chi connectivity index (χ0v) is 16.8. The number of carbonyl (C=O) groups excluding carboxylic acids is 2. The minimum atomic E-state index is -0.266. The van der Waals surface area contributed by atoms with Crippen molar-refractivity contribution < 1.29 is 9.59 Å². The molecular weight excluding hydrogens is 382 g/mol. The molecule has 5 rings (SSSR count). The molecule has 1 saturated heterocycles. The monoisotopic (exact) mass is 407 g/mol. The van der Waals surface area contributed by atoms with Gasteiger partial charge in [0.25, 0.3) is 11.5 Å². The highest BCUT2D eigenvalue weighted by molar-refractivity contribution is 5.92. The predicted octanol–water partition coefficient (Wildman–Crippen LogP) is 1.83. The lowest BCUT2D eigenvalue weighted by molar-refractivity contribution is -0.133. The lowest BCUT2D eigenvalue weighted by atomic mass is 9.99. The number of piperidine rings is 1. The Labute approximate surface area is 174 Å². The van der Waals surface area contributed by atoms with Gasteiger partial charge in [-0.15, -0.1) is 0 Å². The highest BCUT2D eigenvalue weighted by atomic mass is 16.2. The molecule has 0 aromatic carbocycles. The van der Waals surface area contributed by atoms with Crippen LogP contribution in [0.1, 0.15) is 65.7 Å². The van der Waals surface area contributed by atoms with E-state index in [-0.39, 0.29) is 29.3 Å². The van der Waals surface area contributed by atoms with Crippen LogP contribution in [0.3, 0.4) is 0 Å². The van der Waals surface area contributed by atoms with E-state index in [4.69, 9.17) is 4.98 Å². The summed E-state index contributed by atoms with van der Waals surface area (Å²) < 4.78 is 0. The van der Waals surface area contributed by atoms with Crippen LogP contribution in [0.5, 0.6) is 0 Å².